The van der Waals surface area contributed by atoms with Crippen LogP contribution in [-0.4, -0.2) is 57.6 Å². The molecule has 0 aromatic rings. The number of unbranched alkanes of at least 4 members (excludes halogenated alkanes) is 1. The Hall–Kier alpha value is -2.26. The quantitative estimate of drug-likeness (QED) is 0.388. The highest BCUT2D eigenvalue weighted by Gasteiger charge is 2.20. The zero-order chi connectivity index (χ0) is 17.1. The van der Waals surface area contributed by atoms with Gasteiger partial charge in [0.25, 0.3) is 0 Å². The zero-order valence-electron chi connectivity index (χ0n) is 12.0. The van der Waals surface area contributed by atoms with Gasteiger partial charge in [0.1, 0.15) is 11.8 Å². The molecule has 0 bridgehead atoms. The number of dihydropyridines is 1. The van der Waals surface area contributed by atoms with E-state index in [2.05, 4.69) is 4.99 Å². The van der Waals surface area contributed by atoms with Crippen LogP contribution in [0.15, 0.2) is 17.1 Å². The molecule has 7 N–H and O–H groups in total. The Bertz CT molecular complexity index is 461. The Balaban J connectivity index is 0.000000409. The molecule has 0 radical (unpaired) electrons. The molecule has 1 heterocycles. The van der Waals surface area contributed by atoms with Gasteiger partial charge in [-0.1, -0.05) is 12.5 Å². The number of carbonyl (C=O) groups is 3. The van der Waals surface area contributed by atoms with Gasteiger partial charge in [0.15, 0.2) is 6.04 Å². The molecule has 1 aliphatic heterocycles. The van der Waals surface area contributed by atoms with Crippen LogP contribution < -0.4 is 11.5 Å². The molecule has 124 valence electrons. The van der Waals surface area contributed by atoms with E-state index in [-0.39, 0.29) is 12.1 Å². The second kappa shape index (κ2) is 10.5. The van der Waals surface area contributed by atoms with Gasteiger partial charge < -0.3 is 26.8 Å². The molecule has 0 amide bonds. The van der Waals surface area contributed by atoms with Crippen LogP contribution in [0.3, 0.4) is 0 Å². The molecular formula is C13H21N3O6. The molecule has 0 aliphatic carbocycles. The van der Waals surface area contributed by atoms with Crippen molar-refractivity contribution in [2.75, 3.05) is 6.54 Å². The molecule has 0 saturated heterocycles. The summed E-state index contributed by atoms with van der Waals surface area (Å²) in [6.07, 6.45) is 5.22. The normalized spacial score (nSPS) is 17.7. The molecule has 1 rings (SSSR count). The molecule has 22 heavy (non-hydrogen) atoms. The molecule has 1 aliphatic rings. The van der Waals surface area contributed by atoms with Crippen LogP contribution in [0, 0.1) is 0 Å². The molecule has 0 aromatic heterocycles. The summed E-state index contributed by atoms with van der Waals surface area (Å²) in [6.45, 7) is 0.604. The second-order valence-corrected chi connectivity index (χ2v) is 4.54. The Morgan fingerprint density at radius 1 is 1.27 bits per heavy atom. The van der Waals surface area contributed by atoms with E-state index in [1.807, 2.05) is 0 Å². The fraction of sp³-hybridized carbons (Fsp3) is 0.538. The van der Waals surface area contributed by atoms with E-state index >= 15 is 0 Å². The number of carboxylic acids is 3. The first-order chi connectivity index (χ1) is 10.3. The van der Waals surface area contributed by atoms with Crippen molar-refractivity contribution in [3.8, 4) is 0 Å². The lowest BCUT2D eigenvalue weighted by atomic mass is 10.1. The molecule has 0 spiro atoms. The summed E-state index contributed by atoms with van der Waals surface area (Å²) in [5.41, 5.74) is 10.2. The standard InChI is InChI=1S/C7H7NO4.C6H14N2O2/c9-6(10)4-2-1-3-5(8-4)7(11)12;7-4-2-1-3-5(8)6(9)10/h1-2,5H,3H2,(H,9,10)(H,11,12);5H,1-4,7-8H2,(H,9,10)/t;5-/m.0/s1. The maximum atomic E-state index is 10.4. The Morgan fingerprint density at radius 2 is 1.91 bits per heavy atom. The van der Waals surface area contributed by atoms with Gasteiger partial charge in [-0.15, -0.1) is 0 Å². The van der Waals surface area contributed by atoms with Crippen molar-refractivity contribution in [3.05, 3.63) is 12.2 Å². The summed E-state index contributed by atoms with van der Waals surface area (Å²) in [7, 11) is 0. The first-order valence-electron chi connectivity index (χ1n) is 6.68. The van der Waals surface area contributed by atoms with Crippen molar-refractivity contribution in [1.29, 1.82) is 0 Å². The summed E-state index contributed by atoms with van der Waals surface area (Å²) >= 11 is 0. The first-order valence-corrected chi connectivity index (χ1v) is 6.68. The lowest BCUT2D eigenvalue weighted by Crippen LogP contribution is -2.29. The summed E-state index contributed by atoms with van der Waals surface area (Å²) in [5.74, 6) is -3.23. The average molecular weight is 315 g/mol. The number of aliphatic carboxylic acids is 3. The molecule has 0 aromatic carbocycles. The van der Waals surface area contributed by atoms with E-state index in [0.29, 0.717) is 13.0 Å². The molecular weight excluding hydrogens is 294 g/mol. The molecule has 0 saturated carbocycles. The third-order valence-corrected chi connectivity index (χ3v) is 2.72. The minimum Gasteiger partial charge on any atom is -0.480 e. The van der Waals surface area contributed by atoms with Crippen LogP contribution in [0.4, 0.5) is 0 Å². The zero-order valence-corrected chi connectivity index (χ0v) is 12.0. The van der Waals surface area contributed by atoms with Crippen LogP contribution in [0.25, 0.3) is 0 Å². The largest absolute Gasteiger partial charge is 0.480 e. The lowest BCUT2D eigenvalue weighted by molar-refractivity contribution is -0.139. The number of hydrogen-bond acceptors (Lipinski definition) is 6. The number of nitrogens with two attached hydrogens (primary N) is 2. The molecule has 9 heteroatoms. The van der Waals surface area contributed by atoms with Crippen LogP contribution in [0.2, 0.25) is 0 Å². The van der Waals surface area contributed by atoms with Crippen LogP contribution >= 0.6 is 0 Å². The number of hydrogen-bond donors (Lipinski definition) is 5. The Kier molecular flexibility index (Phi) is 9.39. The minimum atomic E-state index is -1.20. The molecule has 0 fully saturated rings. The van der Waals surface area contributed by atoms with Gasteiger partial charge in [0, 0.05) is 0 Å². The fourth-order valence-corrected chi connectivity index (χ4v) is 1.49. The van der Waals surface area contributed by atoms with Crippen molar-refractivity contribution in [2.45, 2.75) is 37.8 Å². The maximum absolute atomic E-state index is 10.4. The summed E-state index contributed by atoms with van der Waals surface area (Å²) in [4.78, 5) is 34.4. The average Bonchev–Trinajstić information content (AvgIpc) is 2.48. The van der Waals surface area contributed by atoms with Crippen molar-refractivity contribution in [2.24, 2.45) is 16.5 Å². The summed E-state index contributed by atoms with van der Waals surface area (Å²) < 4.78 is 0. The number of nitrogens with zero attached hydrogens (tertiary/aromatic N) is 1. The number of carboxylic acid groups (broad SMARTS) is 3. The topological polar surface area (TPSA) is 176 Å². The van der Waals surface area contributed by atoms with E-state index < -0.39 is 30.0 Å². The first kappa shape index (κ1) is 19.7. The highest BCUT2D eigenvalue weighted by atomic mass is 16.4. The SMILES string of the molecule is NCCCC[C@H](N)C(=O)O.O=C(O)C1=NC(C(=O)O)CC=C1. The second-order valence-electron chi connectivity index (χ2n) is 4.54. The van der Waals surface area contributed by atoms with Crippen LogP contribution in [-0.2, 0) is 14.4 Å². The molecule has 2 atom stereocenters. The highest BCUT2D eigenvalue weighted by Crippen LogP contribution is 2.06. The number of aliphatic imine (C=N–C) groups is 1. The van der Waals surface area contributed by atoms with E-state index in [9.17, 15) is 14.4 Å². The minimum absolute atomic E-state index is 0.200. The van der Waals surface area contributed by atoms with Gasteiger partial charge in [0.05, 0.1) is 0 Å². The highest BCUT2D eigenvalue weighted by molar-refractivity contribution is 6.40. The molecule has 9 nitrogen and oxygen atoms in total. The lowest BCUT2D eigenvalue weighted by Gasteiger charge is -2.08. The van der Waals surface area contributed by atoms with Crippen molar-refractivity contribution in [3.63, 3.8) is 0 Å². The Morgan fingerprint density at radius 3 is 2.36 bits per heavy atom. The predicted octanol–water partition coefficient (Wildman–Crippen LogP) is -0.548. The smallest absolute Gasteiger partial charge is 0.354 e. The number of rotatable bonds is 7. The van der Waals surface area contributed by atoms with Gasteiger partial charge >= 0.3 is 17.9 Å². The summed E-state index contributed by atoms with van der Waals surface area (Å²) in [6, 6.07) is -1.66. The Labute approximate surface area is 127 Å². The van der Waals surface area contributed by atoms with Gasteiger partial charge in [-0.05, 0) is 31.9 Å². The predicted molar refractivity (Wildman–Crippen MR) is 78.8 cm³/mol. The monoisotopic (exact) mass is 315 g/mol. The van der Waals surface area contributed by atoms with Crippen LogP contribution in [0.1, 0.15) is 25.7 Å². The van der Waals surface area contributed by atoms with E-state index in [0.717, 1.165) is 12.8 Å². The summed E-state index contributed by atoms with van der Waals surface area (Å²) in [5, 5.41) is 25.3. The molecule has 1 unspecified atom stereocenters. The van der Waals surface area contributed by atoms with E-state index in [1.165, 1.54) is 12.2 Å². The van der Waals surface area contributed by atoms with Crippen LogP contribution in [0.5, 0.6) is 0 Å². The van der Waals surface area contributed by atoms with E-state index in [1.54, 1.807) is 0 Å². The van der Waals surface area contributed by atoms with E-state index in [4.69, 9.17) is 26.8 Å². The van der Waals surface area contributed by atoms with Crippen molar-refractivity contribution < 1.29 is 29.7 Å². The van der Waals surface area contributed by atoms with Gasteiger partial charge in [-0.25, -0.2) is 9.59 Å². The van der Waals surface area contributed by atoms with Gasteiger partial charge in [0.2, 0.25) is 0 Å². The third kappa shape index (κ3) is 8.12. The fourth-order valence-electron chi connectivity index (χ4n) is 1.49. The van der Waals surface area contributed by atoms with Gasteiger partial charge in [-0.2, -0.15) is 0 Å². The third-order valence-electron chi connectivity index (χ3n) is 2.72. The van der Waals surface area contributed by atoms with Crippen molar-refractivity contribution in [1.82, 2.24) is 0 Å². The maximum Gasteiger partial charge on any atom is 0.354 e. The van der Waals surface area contributed by atoms with Crippen molar-refractivity contribution >= 4 is 23.6 Å². The van der Waals surface area contributed by atoms with Gasteiger partial charge in [-0.3, -0.25) is 9.79 Å².